The molecule has 1 aliphatic heterocycles. The summed E-state index contributed by atoms with van der Waals surface area (Å²) in [5.74, 6) is 0.589. The van der Waals surface area contributed by atoms with Gasteiger partial charge in [-0.1, -0.05) is 24.3 Å². The topological polar surface area (TPSA) is 67.5 Å². The fourth-order valence-electron chi connectivity index (χ4n) is 3.13. The van der Waals surface area contributed by atoms with Crippen molar-refractivity contribution in [3.05, 3.63) is 64.4 Å². The zero-order valence-electron chi connectivity index (χ0n) is 14.3. The average Bonchev–Trinajstić information content (AvgIpc) is 2.68. The molecule has 0 bridgehead atoms. The predicted molar refractivity (Wildman–Crippen MR) is 96.3 cm³/mol. The van der Waals surface area contributed by atoms with Gasteiger partial charge in [0.15, 0.2) is 0 Å². The highest BCUT2D eigenvalue weighted by Crippen LogP contribution is 2.26. The molecule has 6 nitrogen and oxygen atoms in total. The number of hydrogen-bond acceptors (Lipinski definition) is 5. The summed E-state index contributed by atoms with van der Waals surface area (Å²) in [5, 5.41) is 0.542. The van der Waals surface area contributed by atoms with Gasteiger partial charge in [-0.05, 0) is 29.8 Å². The quantitative estimate of drug-likeness (QED) is 0.761. The molecule has 140 valence electrons. The van der Waals surface area contributed by atoms with Crippen molar-refractivity contribution in [2.75, 3.05) is 24.6 Å². The number of benzene rings is 2. The van der Waals surface area contributed by atoms with Crippen molar-refractivity contribution in [1.82, 2.24) is 9.97 Å². The van der Waals surface area contributed by atoms with E-state index in [2.05, 4.69) is 14.7 Å². The molecular weight excluding hydrogens is 356 g/mol. The maximum atomic E-state index is 12.3. The number of nitrogens with one attached hydrogen (secondary N) is 1. The summed E-state index contributed by atoms with van der Waals surface area (Å²) in [6, 6.07) is 13.5. The van der Waals surface area contributed by atoms with Gasteiger partial charge in [0.25, 0.3) is 5.56 Å². The van der Waals surface area contributed by atoms with Gasteiger partial charge in [0.05, 0.1) is 24.1 Å². The Balaban J connectivity index is 1.55. The van der Waals surface area contributed by atoms with Crippen molar-refractivity contribution < 1.29 is 18.3 Å². The summed E-state index contributed by atoms with van der Waals surface area (Å²) in [4.78, 5) is 21.6. The molecular formula is C19H17F2N3O3. The van der Waals surface area contributed by atoms with Gasteiger partial charge in [-0.15, -0.1) is 0 Å². The molecule has 0 saturated carbocycles. The van der Waals surface area contributed by atoms with Crippen LogP contribution in [0.5, 0.6) is 5.75 Å². The van der Waals surface area contributed by atoms with Gasteiger partial charge in [0, 0.05) is 6.54 Å². The van der Waals surface area contributed by atoms with E-state index in [9.17, 15) is 13.6 Å². The van der Waals surface area contributed by atoms with Crippen LogP contribution in [0.15, 0.2) is 53.3 Å². The zero-order valence-corrected chi connectivity index (χ0v) is 14.3. The molecule has 0 spiro atoms. The van der Waals surface area contributed by atoms with E-state index >= 15 is 0 Å². The molecule has 2 aromatic carbocycles. The number of alkyl halides is 2. The number of para-hydroxylation sites is 1. The Hall–Kier alpha value is -3.00. The fraction of sp³-hybridized carbons (Fsp3) is 0.263. The van der Waals surface area contributed by atoms with Gasteiger partial charge in [0.1, 0.15) is 11.9 Å². The van der Waals surface area contributed by atoms with E-state index in [0.29, 0.717) is 36.5 Å². The van der Waals surface area contributed by atoms with E-state index in [1.165, 1.54) is 12.1 Å². The van der Waals surface area contributed by atoms with Gasteiger partial charge < -0.3 is 14.4 Å². The average molecular weight is 373 g/mol. The molecule has 1 N–H and O–H groups in total. The van der Waals surface area contributed by atoms with E-state index in [1.54, 1.807) is 30.3 Å². The molecule has 2 heterocycles. The smallest absolute Gasteiger partial charge is 0.387 e. The van der Waals surface area contributed by atoms with E-state index in [-0.39, 0.29) is 17.4 Å². The number of fused-ring (bicyclic) bond motifs is 1. The second kappa shape index (κ2) is 7.32. The lowest BCUT2D eigenvalue weighted by Crippen LogP contribution is -2.40. The van der Waals surface area contributed by atoms with Gasteiger partial charge in [-0.2, -0.15) is 8.78 Å². The number of morpholine rings is 1. The van der Waals surface area contributed by atoms with Crippen molar-refractivity contribution >= 4 is 16.9 Å². The van der Waals surface area contributed by atoms with Crippen LogP contribution in [0.1, 0.15) is 11.7 Å². The molecule has 1 atom stereocenters. The Labute approximate surface area is 153 Å². The van der Waals surface area contributed by atoms with Gasteiger partial charge in [0.2, 0.25) is 5.95 Å². The largest absolute Gasteiger partial charge is 0.435 e. The summed E-state index contributed by atoms with van der Waals surface area (Å²) >= 11 is 0. The number of rotatable bonds is 4. The maximum Gasteiger partial charge on any atom is 0.387 e. The lowest BCUT2D eigenvalue weighted by atomic mass is 10.1. The molecule has 27 heavy (non-hydrogen) atoms. The number of ether oxygens (including phenoxy) is 2. The number of H-pyrrole nitrogens is 1. The molecule has 1 saturated heterocycles. The molecule has 0 amide bonds. The Bertz CT molecular complexity index is 991. The van der Waals surface area contributed by atoms with Crippen molar-refractivity contribution in [3.8, 4) is 5.75 Å². The number of halogens is 2. The minimum Gasteiger partial charge on any atom is -0.435 e. The van der Waals surface area contributed by atoms with E-state index in [0.717, 1.165) is 5.56 Å². The summed E-state index contributed by atoms with van der Waals surface area (Å²) in [6.07, 6.45) is -0.267. The van der Waals surface area contributed by atoms with Crippen LogP contribution in [0.25, 0.3) is 10.9 Å². The number of nitrogens with zero attached hydrogens (tertiary/aromatic N) is 2. The lowest BCUT2D eigenvalue weighted by Gasteiger charge is -2.33. The number of aromatic nitrogens is 2. The molecule has 0 aliphatic carbocycles. The summed E-state index contributed by atoms with van der Waals surface area (Å²) < 4.78 is 34.7. The van der Waals surface area contributed by atoms with Crippen molar-refractivity contribution in [2.24, 2.45) is 0 Å². The van der Waals surface area contributed by atoms with Gasteiger partial charge >= 0.3 is 6.61 Å². The Morgan fingerprint density at radius 1 is 1.19 bits per heavy atom. The lowest BCUT2D eigenvalue weighted by molar-refractivity contribution is -0.0498. The zero-order chi connectivity index (χ0) is 18.8. The van der Waals surface area contributed by atoms with Crippen LogP contribution >= 0.6 is 0 Å². The van der Waals surface area contributed by atoms with Crippen molar-refractivity contribution in [2.45, 2.75) is 12.7 Å². The fourth-order valence-corrected chi connectivity index (χ4v) is 3.13. The van der Waals surface area contributed by atoms with Crippen LogP contribution in [0.3, 0.4) is 0 Å². The second-order valence-electron chi connectivity index (χ2n) is 6.16. The highest BCUT2D eigenvalue weighted by Gasteiger charge is 2.24. The summed E-state index contributed by atoms with van der Waals surface area (Å²) in [6.45, 7) is -1.33. The number of hydrogen-bond donors (Lipinski definition) is 1. The third-order valence-electron chi connectivity index (χ3n) is 4.44. The Morgan fingerprint density at radius 3 is 2.74 bits per heavy atom. The highest BCUT2D eigenvalue weighted by molar-refractivity contribution is 5.78. The van der Waals surface area contributed by atoms with Crippen LogP contribution in [0.2, 0.25) is 0 Å². The summed E-state index contributed by atoms with van der Waals surface area (Å²) in [5.41, 5.74) is 1.28. The molecule has 8 heteroatoms. The van der Waals surface area contributed by atoms with E-state index in [1.807, 2.05) is 11.0 Å². The number of aromatic amines is 1. The molecule has 4 rings (SSSR count). The predicted octanol–water partition coefficient (Wildman–Crippen LogP) is 3.10. The molecule has 3 aromatic rings. The third-order valence-corrected chi connectivity index (χ3v) is 4.44. The second-order valence-corrected chi connectivity index (χ2v) is 6.16. The normalized spacial score (nSPS) is 17.4. The minimum atomic E-state index is -2.85. The maximum absolute atomic E-state index is 12.3. The molecule has 1 unspecified atom stereocenters. The third kappa shape index (κ3) is 3.75. The first-order valence-corrected chi connectivity index (χ1v) is 8.50. The first-order chi connectivity index (χ1) is 13.1. The van der Waals surface area contributed by atoms with Crippen LogP contribution in [-0.4, -0.2) is 36.3 Å². The van der Waals surface area contributed by atoms with Gasteiger partial charge in [-0.3, -0.25) is 9.78 Å². The van der Waals surface area contributed by atoms with Crippen LogP contribution in [0.4, 0.5) is 14.7 Å². The Kier molecular flexibility index (Phi) is 4.72. The molecule has 1 aliphatic rings. The van der Waals surface area contributed by atoms with Crippen LogP contribution < -0.4 is 15.2 Å². The first kappa shape index (κ1) is 17.4. The van der Waals surface area contributed by atoms with Crippen LogP contribution in [-0.2, 0) is 4.74 Å². The van der Waals surface area contributed by atoms with Crippen molar-refractivity contribution in [3.63, 3.8) is 0 Å². The Morgan fingerprint density at radius 2 is 1.96 bits per heavy atom. The van der Waals surface area contributed by atoms with Gasteiger partial charge in [-0.25, -0.2) is 4.98 Å². The molecule has 0 radical (unpaired) electrons. The SMILES string of the molecule is O=c1[nH]c(N2CCOC(c3ccc(OC(F)F)cc3)C2)nc2ccccc12. The first-order valence-electron chi connectivity index (χ1n) is 8.50. The van der Waals surface area contributed by atoms with Crippen molar-refractivity contribution in [1.29, 1.82) is 0 Å². The van der Waals surface area contributed by atoms with E-state index in [4.69, 9.17) is 4.74 Å². The number of anilines is 1. The van der Waals surface area contributed by atoms with Crippen LogP contribution in [0, 0.1) is 0 Å². The minimum absolute atomic E-state index is 0.0990. The highest BCUT2D eigenvalue weighted by atomic mass is 19.3. The summed E-state index contributed by atoms with van der Waals surface area (Å²) in [7, 11) is 0. The van der Waals surface area contributed by atoms with E-state index < -0.39 is 6.61 Å². The molecule has 1 fully saturated rings. The monoisotopic (exact) mass is 373 g/mol. The standard InChI is InChI=1S/C19H17F2N3O3/c20-18(21)27-13-7-5-12(6-8-13)16-11-24(9-10-26-16)19-22-15-4-2-1-3-14(15)17(25)23-19/h1-8,16,18H,9-11H2,(H,22,23,25). The molecule has 1 aromatic heterocycles.